The maximum atomic E-state index is 13.5. The molecule has 0 bridgehead atoms. The summed E-state index contributed by atoms with van der Waals surface area (Å²) in [6.45, 7) is 2.44. The number of nitrogens with zero attached hydrogens (tertiary/aromatic N) is 2. The van der Waals surface area contributed by atoms with Crippen LogP contribution in [0.4, 0.5) is 8.78 Å². The van der Waals surface area contributed by atoms with Gasteiger partial charge in [0, 0.05) is 43.5 Å². The summed E-state index contributed by atoms with van der Waals surface area (Å²) >= 11 is 0. The molecule has 1 fully saturated rings. The lowest BCUT2D eigenvalue weighted by molar-refractivity contribution is 0.0176. The number of piperidine rings is 1. The second-order valence-electron chi connectivity index (χ2n) is 6.10. The summed E-state index contributed by atoms with van der Waals surface area (Å²) < 4.78 is 28.7. The minimum Gasteiger partial charge on any atom is -0.340 e. The Hall–Kier alpha value is -1.91. The van der Waals surface area contributed by atoms with Crippen LogP contribution in [-0.2, 0) is 13.0 Å². The highest BCUT2D eigenvalue weighted by Gasteiger charge is 2.26. The van der Waals surface area contributed by atoms with Crippen LogP contribution >= 0.6 is 0 Å². The first-order valence-electron chi connectivity index (χ1n) is 7.65. The molecule has 0 aliphatic carbocycles. The second kappa shape index (κ2) is 5.38. The Kier molecular flexibility index (Phi) is 3.67. The van der Waals surface area contributed by atoms with Crippen LogP contribution in [0.2, 0.25) is 0 Å². The minimum atomic E-state index is -2.87. The number of fused-ring (bicyclic) bond motifs is 1. The molecule has 1 aromatic carbocycles. The number of hydrogen-bond acceptors (Lipinski definition) is 1. The maximum Gasteiger partial charge on any atom is 0.270 e. The van der Waals surface area contributed by atoms with E-state index in [1.807, 2.05) is 11.9 Å². The maximum absolute atomic E-state index is 13.5. The first-order valence-corrected chi connectivity index (χ1v) is 7.65. The van der Waals surface area contributed by atoms with Gasteiger partial charge in [-0.2, -0.15) is 0 Å². The zero-order chi connectivity index (χ0) is 15.9. The van der Waals surface area contributed by atoms with Crippen molar-refractivity contribution in [2.24, 2.45) is 7.05 Å². The molecule has 1 aliphatic heterocycles. The van der Waals surface area contributed by atoms with Crippen LogP contribution in [-0.4, -0.2) is 28.5 Å². The molecule has 118 valence electrons. The first-order chi connectivity index (χ1) is 10.4. The fourth-order valence-electron chi connectivity index (χ4n) is 3.09. The van der Waals surface area contributed by atoms with Gasteiger partial charge in [-0.25, -0.2) is 8.78 Å². The number of carbonyl (C=O) groups is 1. The van der Waals surface area contributed by atoms with Crippen molar-refractivity contribution < 1.29 is 13.6 Å². The van der Waals surface area contributed by atoms with E-state index in [-0.39, 0.29) is 11.5 Å². The molecule has 22 heavy (non-hydrogen) atoms. The highest BCUT2D eigenvalue weighted by Crippen LogP contribution is 2.31. The van der Waals surface area contributed by atoms with Crippen molar-refractivity contribution in [3.05, 3.63) is 35.5 Å². The third-order valence-electron chi connectivity index (χ3n) is 4.41. The van der Waals surface area contributed by atoms with Crippen molar-refractivity contribution >= 4 is 16.8 Å². The van der Waals surface area contributed by atoms with Gasteiger partial charge in [-0.15, -0.1) is 0 Å². The summed E-state index contributed by atoms with van der Waals surface area (Å²) in [7, 11) is 1.81. The SMILES string of the molecule is Cn1c(C(=O)N2CCCCC2)cc2cc(C(C)(F)F)ccc21. The molecule has 0 saturated carbocycles. The minimum absolute atomic E-state index is 0.0109. The lowest BCUT2D eigenvalue weighted by atomic mass is 10.1. The molecule has 1 saturated heterocycles. The van der Waals surface area contributed by atoms with Crippen molar-refractivity contribution in [1.29, 1.82) is 0 Å². The second-order valence-corrected chi connectivity index (χ2v) is 6.10. The summed E-state index contributed by atoms with van der Waals surface area (Å²) in [4.78, 5) is 14.5. The lowest BCUT2D eigenvalue weighted by Gasteiger charge is -2.26. The van der Waals surface area contributed by atoms with Gasteiger partial charge in [0.1, 0.15) is 5.69 Å². The van der Waals surface area contributed by atoms with Crippen molar-refractivity contribution in [2.45, 2.75) is 32.1 Å². The number of benzene rings is 1. The van der Waals surface area contributed by atoms with E-state index < -0.39 is 5.92 Å². The van der Waals surface area contributed by atoms with Crippen LogP contribution in [0.15, 0.2) is 24.3 Å². The van der Waals surface area contributed by atoms with E-state index in [0.717, 1.165) is 44.8 Å². The fourth-order valence-corrected chi connectivity index (χ4v) is 3.09. The Balaban J connectivity index is 2.00. The number of carbonyl (C=O) groups excluding carboxylic acids is 1. The zero-order valence-corrected chi connectivity index (χ0v) is 12.9. The van der Waals surface area contributed by atoms with Gasteiger partial charge in [0.05, 0.1) is 0 Å². The Bertz CT molecular complexity index is 709. The van der Waals surface area contributed by atoms with Crippen LogP contribution in [0.3, 0.4) is 0 Å². The van der Waals surface area contributed by atoms with Gasteiger partial charge >= 0.3 is 0 Å². The first kappa shape index (κ1) is 15.0. The van der Waals surface area contributed by atoms with E-state index in [2.05, 4.69) is 0 Å². The van der Waals surface area contributed by atoms with Gasteiger partial charge in [0.2, 0.25) is 0 Å². The molecular weight excluding hydrogens is 286 g/mol. The van der Waals surface area contributed by atoms with Crippen LogP contribution < -0.4 is 0 Å². The number of aromatic nitrogens is 1. The smallest absolute Gasteiger partial charge is 0.270 e. The van der Waals surface area contributed by atoms with Crippen molar-refractivity contribution in [3.8, 4) is 0 Å². The Morgan fingerprint density at radius 2 is 1.82 bits per heavy atom. The number of halogens is 2. The summed E-state index contributed by atoms with van der Waals surface area (Å²) in [6, 6.07) is 6.29. The number of aryl methyl sites for hydroxylation is 1. The predicted octanol–water partition coefficient (Wildman–Crippen LogP) is 3.92. The van der Waals surface area contributed by atoms with E-state index in [9.17, 15) is 13.6 Å². The largest absolute Gasteiger partial charge is 0.340 e. The normalized spacial score (nSPS) is 16.3. The molecule has 0 spiro atoms. The molecule has 1 amide bonds. The average molecular weight is 306 g/mol. The summed E-state index contributed by atoms with van der Waals surface area (Å²) in [5.74, 6) is -2.88. The van der Waals surface area contributed by atoms with Crippen LogP contribution in [0, 0.1) is 0 Å². The molecule has 0 unspecified atom stereocenters. The fraction of sp³-hybridized carbons (Fsp3) is 0.471. The number of alkyl halides is 2. The Morgan fingerprint density at radius 3 is 2.45 bits per heavy atom. The van der Waals surface area contributed by atoms with E-state index in [1.54, 1.807) is 16.7 Å². The van der Waals surface area contributed by atoms with Gasteiger partial charge in [0.15, 0.2) is 0 Å². The van der Waals surface area contributed by atoms with E-state index in [1.165, 1.54) is 12.1 Å². The van der Waals surface area contributed by atoms with Crippen LogP contribution in [0.1, 0.15) is 42.2 Å². The molecule has 2 aromatic rings. The standard InChI is InChI=1S/C17H20F2N2O/c1-17(18,19)13-6-7-14-12(10-13)11-15(20(14)2)16(22)21-8-4-3-5-9-21/h6-7,10-11H,3-5,8-9H2,1-2H3. The number of hydrogen-bond donors (Lipinski definition) is 0. The Labute approximate surface area is 128 Å². The molecular formula is C17H20F2N2O. The van der Waals surface area contributed by atoms with E-state index in [4.69, 9.17) is 0 Å². The van der Waals surface area contributed by atoms with Gasteiger partial charge in [-0.05, 0) is 37.5 Å². The quantitative estimate of drug-likeness (QED) is 0.825. The van der Waals surface area contributed by atoms with Crippen LogP contribution in [0.5, 0.6) is 0 Å². The van der Waals surface area contributed by atoms with E-state index in [0.29, 0.717) is 11.1 Å². The van der Waals surface area contributed by atoms with Crippen LogP contribution in [0.25, 0.3) is 10.9 Å². The molecule has 0 radical (unpaired) electrons. The molecule has 3 nitrogen and oxygen atoms in total. The number of likely N-dealkylation sites (tertiary alicyclic amines) is 1. The topological polar surface area (TPSA) is 25.2 Å². The zero-order valence-electron chi connectivity index (χ0n) is 12.9. The summed E-state index contributed by atoms with van der Waals surface area (Å²) in [5, 5.41) is 0.682. The predicted molar refractivity (Wildman–Crippen MR) is 82.2 cm³/mol. The highest BCUT2D eigenvalue weighted by molar-refractivity contribution is 5.99. The van der Waals surface area contributed by atoms with Crippen molar-refractivity contribution in [1.82, 2.24) is 9.47 Å². The molecule has 0 atom stereocenters. The van der Waals surface area contributed by atoms with Crippen molar-refractivity contribution in [3.63, 3.8) is 0 Å². The Morgan fingerprint density at radius 1 is 1.14 bits per heavy atom. The number of rotatable bonds is 2. The monoisotopic (exact) mass is 306 g/mol. The number of amides is 1. The van der Waals surface area contributed by atoms with Gasteiger partial charge in [0.25, 0.3) is 11.8 Å². The van der Waals surface area contributed by atoms with E-state index >= 15 is 0 Å². The third kappa shape index (κ3) is 2.60. The van der Waals surface area contributed by atoms with Gasteiger partial charge in [-0.1, -0.05) is 6.07 Å². The average Bonchev–Trinajstić information content (AvgIpc) is 2.83. The molecule has 1 aromatic heterocycles. The summed E-state index contributed by atoms with van der Waals surface area (Å²) in [6.07, 6.45) is 3.22. The molecule has 1 aliphatic rings. The van der Waals surface area contributed by atoms with Gasteiger partial charge < -0.3 is 9.47 Å². The van der Waals surface area contributed by atoms with Crippen molar-refractivity contribution in [2.75, 3.05) is 13.1 Å². The molecule has 0 N–H and O–H groups in total. The lowest BCUT2D eigenvalue weighted by Crippen LogP contribution is -2.36. The summed E-state index contributed by atoms with van der Waals surface area (Å²) in [5.41, 5.74) is 1.34. The molecule has 2 heterocycles. The highest BCUT2D eigenvalue weighted by atomic mass is 19.3. The van der Waals surface area contributed by atoms with Gasteiger partial charge in [-0.3, -0.25) is 4.79 Å². The molecule has 3 rings (SSSR count). The molecule has 5 heteroatoms. The third-order valence-corrected chi connectivity index (χ3v) is 4.41.